The zero-order valence-electron chi connectivity index (χ0n) is 9.10. The highest BCUT2D eigenvalue weighted by atomic mass is 16.7. The van der Waals surface area contributed by atoms with Crippen molar-refractivity contribution in [2.24, 2.45) is 0 Å². The first-order valence-electron chi connectivity index (χ1n) is 5.09. The number of aldehydes is 1. The Balaban J connectivity index is 2.45. The highest BCUT2D eigenvalue weighted by Crippen LogP contribution is 2.13. The predicted molar refractivity (Wildman–Crippen MR) is 58.2 cm³/mol. The summed E-state index contributed by atoms with van der Waals surface area (Å²) >= 11 is 0. The monoisotopic (exact) mass is 208 g/mol. The highest BCUT2D eigenvalue weighted by molar-refractivity contribution is 5.74. The number of rotatable bonds is 6. The largest absolute Gasteiger partial charge is 0.465 e. The van der Waals surface area contributed by atoms with Gasteiger partial charge >= 0.3 is 0 Å². The lowest BCUT2D eigenvalue weighted by Crippen LogP contribution is -2.16. The van der Waals surface area contributed by atoms with Gasteiger partial charge in [-0.2, -0.15) is 0 Å². The Morgan fingerprint density at radius 3 is 2.53 bits per heavy atom. The molecule has 0 bridgehead atoms. The highest BCUT2D eigenvalue weighted by Gasteiger charge is 2.02. The summed E-state index contributed by atoms with van der Waals surface area (Å²) in [5.74, 6) is 0.712. The first-order chi connectivity index (χ1) is 7.26. The Morgan fingerprint density at radius 1 is 1.33 bits per heavy atom. The normalized spacial score (nSPS) is 12.1. The summed E-state index contributed by atoms with van der Waals surface area (Å²) in [7, 11) is 0. The Bertz CT molecular complexity index is 292. The summed E-state index contributed by atoms with van der Waals surface area (Å²) < 4.78 is 10.8. The third kappa shape index (κ3) is 4.13. The van der Waals surface area contributed by atoms with Gasteiger partial charge in [-0.05, 0) is 37.6 Å². The zero-order valence-corrected chi connectivity index (χ0v) is 9.10. The van der Waals surface area contributed by atoms with Crippen LogP contribution >= 0.6 is 0 Å². The van der Waals surface area contributed by atoms with Gasteiger partial charge in [0, 0.05) is 5.56 Å². The Kier molecular flexibility index (Phi) is 4.84. The first-order valence-corrected chi connectivity index (χ1v) is 5.09. The average Bonchev–Trinajstić information content (AvgIpc) is 2.27. The van der Waals surface area contributed by atoms with Crippen molar-refractivity contribution in [2.45, 2.75) is 26.6 Å². The van der Waals surface area contributed by atoms with Crippen LogP contribution in [-0.4, -0.2) is 19.2 Å². The number of hydrogen-bond acceptors (Lipinski definition) is 3. The number of benzene rings is 1. The minimum atomic E-state index is -0.257. The molecular formula is C12H16O3. The fourth-order valence-corrected chi connectivity index (χ4v) is 1.13. The van der Waals surface area contributed by atoms with Gasteiger partial charge in [0.15, 0.2) is 6.29 Å². The zero-order chi connectivity index (χ0) is 11.1. The predicted octanol–water partition coefficient (Wildman–Crippen LogP) is 2.65. The van der Waals surface area contributed by atoms with Gasteiger partial charge < -0.3 is 9.47 Å². The van der Waals surface area contributed by atoms with Crippen LogP contribution in [0, 0.1) is 0 Å². The summed E-state index contributed by atoms with van der Waals surface area (Å²) in [5, 5.41) is 0. The molecule has 0 spiro atoms. The topological polar surface area (TPSA) is 35.5 Å². The Hall–Kier alpha value is -1.35. The van der Waals surface area contributed by atoms with Crippen molar-refractivity contribution in [1.82, 2.24) is 0 Å². The molecule has 0 radical (unpaired) electrons. The quantitative estimate of drug-likeness (QED) is 0.532. The molecular weight excluding hydrogens is 192 g/mol. The Morgan fingerprint density at radius 2 is 2.00 bits per heavy atom. The molecule has 3 nitrogen and oxygen atoms in total. The van der Waals surface area contributed by atoms with Crippen LogP contribution in [0.1, 0.15) is 30.6 Å². The van der Waals surface area contributed by atoms with E-state index in [-0.39, 0.29) is 6.29 Å². The van der Waals surface area contributed by atoms with E-state index in [4.69, 9.17) is 9.47 Å². The van der Waals surface area contributed by atoms with Crippen LogP contribution in [-0.2, 0) is 4.74 Å². The van der Waals surface area contributed by atoms with E-state index in [9.17, 15) is 4.79 Å². The molecule has 1 aromatic rings. The fourth-order valence-electron chi connectivity index (χ4n) is 1.13. The van der Waals surface area contributed by atoms with Crippen LogP contribution in [0.15, 0.2) is 24.3 Å². The minimum Gasteiger partial charge on any atom is -0.465 e. The second-order valence-corrected chi connectivity index (χ2v) is 3.24. The second-order valence-electron chi connectivity index (χ2n) is 3.24. The molecule has 0 aliphatic rings. The van der Waals surface area contributed by atoms with Crippen LogP contribution in [0.5, 0.6) is 5.75 Å². The molecule has 0 saturated heterocycles. The van der Waals surface area contributed by atoms with Crippen molar-refractivity contribution >= 4 is 6.29 Å². The van der Waals surface area contributed by atoms with Crippen LogP contribution in [0.4, 0.5) is 0 Å². The van der Waals surface area contributed by atoms with E-state index in [0.717, 1.165) is 12.7 Å². The van der Waals surface area contributed by atoms with E-state index >= 15 is 0 Å². The molecule has 0 saturated carbocycles. The first kappa shape index (κ1) is 11.7. The molecule has 1 aromatic carbocycles. The molecule has 0 aliphatic carbocycles. The molecule has 0 fully saturated rings. The minimum absolute atomic E-state index is 0.257. The molecule has 0 heterocycles. The van der Waals surface area contributed by atoms with E-state index in [2.05, 4.69) is 0 Å². The van der Waals surface area contributed by atoms with Crippen molar-refractivity contribution in [3.05, 3.63) is 29.8 Å². The lowest BCUT2D eigenvalue weighted by Gasteiger charge is -2.14. The summed E-state index contributed by atoms with van der Waals surface area (Å²) in [4.78, 5) is 10.4. The van der Waals surface area contributed by atoms with Crippen LogP contribution in [0.3, 0.4) is 0 Å². The number of hydrogen-bond donors (Lipinski definition) is 0. The third-order valence-corrected chi connectivity index (χ3v) is 1.87. The van der Waals surface area contributed by atoms with Gasteiger partial charge in [0.05, 0.1) is 6.61 Å². The van der Waals surface area contributed by atoms with Crippen molar-refractivity contribution in [3.63, 3.8) is 0 Å². The average molecular weight is 208 g/mol. The van der Waals surface area contributed by atoms with E-state index in [1.165, 1.54) is 0 Å². The van der Waals surface area contributed by atoms with Crippen molar-refractivity contribution < 1.29 is 14.3 Å². The molecule has 0 aliphatic heterocycles. The Labute approximate surface area is 90.0 Å². The molecule has 0 N–H and O–H groups in total. The fraction of sp³-hybridized carbons (Fsp3) is 0.417. The van der Waals surface area contributed by atoms with E-state index in [1.54, 1.807) is 24.3 Å². The number of ether oxygens (including phenoxy) is 2. The molecule has 3 heteroatoms. The second kappa shape index (κ2) is 6.19. The maximum atomic E-state index is 10.4. The van der Waals surface area contributed by atoms with Gasteiger partial charge in [0.2, 0.25) is 0 Å². The van der Waals surface area contributed by atoms with Gasteiger partial charge in [-0.15, -0.1) is 0 Å². The van der Waals surface area contributed by atoms with Gasteiger partial charge in [0.25, 0.3) is 0 Å². The maximum absolute atomic E-state index is 10.4. The number of carbonyl (C=O) groups excluding carboxylic acids is 1. The van der Waals surface area contributed by atoms with Gasteiger partial charge in [-0.25, -0.2) is 0 Å². The summed E-state index contributed by atoms with van der Waals surface area (Å²) in [5.41, 5.74) is 0.643. The van der Waals surface area contributed by atoms with Crippen molar-refractivity contribution in [2.75, 3.05) is 6.61 Å². The van der Waals surface area contributed by atoms with Gasteiger partial charge in [-0.1, -0.05) is 6.92 Å². The van der Waals surface area contributed by atoms with Crippen molar-refractivity contribution in [1.29, 1.82) is 0 Å². The summed E-state index contributed by atoms with van der Waals surface area (Å²) in [6.45, 7) is 4.59. The van der Waals surface area contributed by atoms with Crippen molar-refractivity contribution in [3.8, 4) is 5.75 Å². The molecule has 1 atom stereocenters. The maximum Gasteiger partial charge on any atom is 0.196 e. The van der Waals surface area contributed by atoms with Crippen LogP contribution in [0.2, 0.25) is 0 Å². The van der Waals surface area contributed by atoms with E-state index < -0.39 is 0 Å². The van der Waals surface area contributed by atoms with Gasteiger partial charge in [0.1, 0.15) is 12.0 Å². The van der Waals surface area contributed by atoms with E-state index in [0.29, 0.717) is 17.9 Å². The molecule has 1 unspecified atom stereocenters. The SMILES string of the molecule is CCCOC(C)Oc1ccc(C=O)cc1. The third-order valence-electron chi connectivity index (χ3n) is 1.87. The van der Waals surface area contributed by atoms with Crippen LogP contribution in [0.25, 0.3) is 0 Å². The molecule has 1 rings (SSSR count). The smallest absolute Gasteiger partial charge is 0.196 e. The standard InChI is InChI=1S/C12H16O3/c1-3-8-14-10(2)15-12-6-4-11(9-13)5-7-12/h4-7,9-10H,3,8H2,1-2H3. The van der Waals surface area contributed by atoms with Crippen LogP contribution < -0.4 is 4.74 Å². The summed E-state index contributed by atoms with van der Waals surface area (Å²) in [6.07, 6.45) is 1.52. The number of carbonyl (C=O) groups is 1. The van der Waals surface area contributed by atoms with E-state index in [1.807, 2.05) is 13.8 Å². The lowest BCUT2D eigenvalue weighted by atomic mass is 10.2. The molecule has 82 valence electrons. The molecule has 15 heavy (non-hydrogen) atoms. The van der Waals surface area contributed by atoms with Gasteiger partial charge in [-0.3, -0.25) is 4.79 Å². The lowest BCUT2D eigenvalue weighted by molar-refractivity contribution is -0.0662. The molecule has 0 aromatic heterocycles. The summed E-state index contributed by atoms with van der Waals surface area (Å²) in [6, 6.07) is 6.95. The molecule has 0 amide bonds.